The van der Waals surface area contributed by atoms with E-state index in [0.717, 1.165) is 12.1 Å². The Labute approximate surface area is 159 Å². The van der Waals surface area contributed by atoms with Crippen molar-refractivity contribution in [3.8, 4) is 23.3 Å². The lowest BCUT2D eigenvalue weighted by atomic mass is 10.1. The lowest BCUT2D eigenvalue weighted by Crippen LogP contribution is -2.22. The van der Waals surface area contributed by atoms with Crippen LogP contribution in [-0.4, -0.2) is 14.2 Å². The Bertz CT molecular complexity index is 1060. The Morgan fingerprint density at radius 2 is 1.59 bits per heavy atom. The molecule has 0 saturated heterocycles. The van der Waals surface area contributed by atoms with E-state index < -0.39 is 33.6 Å². The molecule has 0 aromatic heterocycles. The molecule has 2 unspecified atom stereocenters. The standard InChI is InChI=1S/C18H11F2N3O2S2/c19-17-9-13(11-21)1-3-15(17)5-7-26(24)23-27(25)8-6-16-4-2-14(12-22)10-18(16)20/h1-4,9-10,23H,5,7H2. The maximum atomic E-state index is 13.7. The van der Waals surface area contributed by atoms with Gasteiger partial charge in [0.05, 0.1) is 28.8 Å². The number of nitriles is 2. The highest BCUT2D eigenvalue weighted by molar-refractivity contribution is 8.00. The van der Waals surface area contributed by atoms with Crippen LogP contribution in [0.3, 0.4) is 0 Å². The average Bonchev–Trinajstić information content (AvgIpc) is 2.65. The van der Waals surface area contributed by atoms with Gasteiger partial charge in [-0.05, 0) is 48.2 Å². The molecule has 136 valence electrons. The third-order valence-electron chi connectivity index (χ3n) is 3.28. The quantitative estimate of drug-likeness (QED) is 0.775. The van der Waals surface area contributed by atoms with Crippen LogP contribution in [-0.2, 0) is 28.4 Å². The number of rotatable bonds is 5. The highest BCUT2D eigenvalue weighted by Crippen LogP contribution is 2.11. The molecule has 1 N–H and O–H groups in total. The molecule has 0 aliphatic carbocycles. The summed E-state index contributed by atoms with van der Waals surface area (Å²) >= 11 is 0. The fourth-order valence-electron chi connectivity index (χ4n) is 1.96. The van der Waals surface area contributed by atoms with Crippen LogP contribution in [0.25, 0.3) is 0 Å². The van der Waals surface area contributed by atoms with E-state index in [1.165, 1.54) is 24.3 Å². The zero-order valence-corrected chi connectivity index (χ0v) is 15.3. The summed E-state index contributed by atoms with van der Waals surface area (Å²) < 4.78 is 53.3. The molecule has 5 nitrogen and oxygen atoms in total. The Morgan fingerprint density at radius 3 is 2.19 bits per heavy atom. The largest absolute Gasteiger partial charge is 0.242 e. The molecular weight excluding hydrogens is 392 g/mol. The molecule has 0 amide bonds. The summed E-state index contributed by atoms with van der Waals surface area (Å²) in [5, 5.41) is 19.6. The maximum absolute atomic E-state index is 13.7. The number of hydrogen-bond donors (Lipinski definition) is 1. The van der Waals surface area contributed by atoms with Crippen molar-refractivity contribution in [2.75, 3.05) is 5.75 Å². The van der Waals surface area contributed by atoms with Crippen molar-refractivity contribution in [3.63, 3.8) is 0 Å². The van der Waals surface area contributed by atoms with Crippen LogP contribution < -0.4 is 4.13 Å². The first-order valence-electron chi connectivity index (χ1n) is 7.39. The van der Waals surface area contributed by atoms with E-state index in [-0.39, 0.29) is 34.4 Å². The fourth-order valence-corrected chi connectivity index (χ4v) is 3.74. The summed E-state index contributed by atoms with van der Waals surface area (Å²) in [5.41, 5.74) is 0.547. The van der Waals surface area contributed by atoms with Gasteiger partial charge in [-0.25, -0.2) is 17.2 Å². The molecule has 2 atom stereocenters. The van der Waals surface area contributed by atoms with Crippen LogP contribution in [0.4, 0.5) is 8.78 Å². The van der Waals surface area contributed by atoms with E-state index in [1.807, 2.05) is 6.07 Å². The monoisotopic (exact) mass is 403 g/mol. The fraction of sp³-hybridized carbons (Fsp3) is 0.111. The zero-order valence-electron chi connectivity index (χ0n) is 13.7. The van der Waals surface area contributed by atoms with Gasteiger partial charge in [-0.3, -0.25) is 0 Å². The van der Waals surface area contributed by atoms with Crippen molar-refractivity contribution >= 4 is 22.0 Å². The normalized spacial score (nSPS) is 12.1. The van der Waals surface area contributed by atoms with Crippen LogP contribution in [0.1, 0.15) is 22.3 Å². The first kappa shape index (κ1) is 20.4. The van der Waals surface area contributed by atoms with E-state index in [9.17, 15) is 17.2 Å². The van der Waals surface area contributed by atoms with Crippen LogP contribution in [0.15, 0.2) is 36.4 Å². The smallest absolute Gasteiger partial charge is 0.183 e. The van der Waals surface area contributed by atoms with Crippen molar-refractivity contribution in [1.82, 2.24) is 4.13 Å². The zero-order chi connectivity index (χ0) is 19.8. The lowest BCUT2D eigenvalue weighted by molar-refractivity contribution is 0.611. The van der Waals surface area contributed by atoms with Gasteiger partial charge in [0.2, 0.25) is 0 Å². The molecule has 0 aliphatic rings. The van der Waals surface area contributed by atoms with E-state index in [0.29, 0.717) is 0 Å². The molecule has 0 bridgehead atoms. The summed E-state index contributed by atoms with van der Waals surface area (Å²) in [6.45, 7) is 0. The van der Waals surface area contributed by atoms with Crippen molar-refractivity contribution in [1.29, 1.82) is 10.5 Å². The van der Waals surface area contributed by atoms with Gasteiger partial charge < -0.3 is 0 Å². The molecule has 2 aromatic rings. The maximum Gasteiger partial charge on any atom is 0.183 e. The van der Waals surface area contributed by atoms with E-state index in [2.05, 4.69) is 15.3 Å². The predicted molar refractivity (Wildman–Crippen MR) is 97.1 cm³/mol. The highest BCUT2D eigenvalue weighted by atomic mass is 32.3. The lowest BCUT2D eigenvalue weighted by Gasteiger charge is -2.03. The van der Waals surface area contributed by atoms with Gasteiger partial charge in [0.1, 0.15) is 22.6 Å². The van der Waals surface area contributed by atoms with Gasteiger partial charge in [-0.2, -0.15) is 10.5 Å². The Morgan fingerprint density at radius 1 is 0.963 bits per heavy atom. The molecule has 0 saturated carbocycles. The Balaban J connectivity index is 1.92. The van der Waals surface area contributed by atoms with Crippen LogP contribution in [0, 0.1) is 45.5 Å². The number of hydrogen-bond acceptors (Lipinski definition) is 4. The second-order valence-electron chi connectivity index (χ2n) is 5.10. The molecule has 0 aliphatic heterocycles. The molecule has 0 fully saturated rings. The molecular formula is C18H11F2N3O2S2. The number of aryl methyl sites for hydroxylation is 1. The van der Waals surface area contributed by atoms with Crippen molar-refractivity contribution < 1.29 is 17.2 Å². The summed E-state index contributed by atoms with van der Waals surface area (Å²) in [7, 11) is -3.77. The first-order chi connectivity index (χ1) is 12.9. The molecule has 9 heteroatoms. The van der Waals surface area contributed by atoms with Crippen molar-refractivity contribution in [3.05, 3.63) is 70.3 Å². The highest BCUT2D eigenvalue weighted by Gasteiger charge is 2.08. The van der Waals surface area contributed by atoms with Crippen LogP contribution in [0.5, 0.6) is 0 Å². The van der Waals surface area contributed by atoms with Gasteiger partial charge in [0.15, 0.2) is 11.0 Å². The van der Waals surface area contributed by atoms with Gasteiger partial charge in [-0.15, -0.1) is 4.13 Å². The van der Waals surface area contributed by atoms with Gasteiger partial charge >= 0.3 is 0 Å². The Hall–Kier alpha value is -2.90. The molecule has 2 rings (SSSR count). The van der Waals surface area contributed by atoms with Gasteiger partial charge in [-0.1, -0.05) is 6.07 Å². The topological polar surface area (TPSA) is 93.8 Å². The number of nitrogens with zero attached hydrogens (tertiary/aromatic N) is 2. The van der Waals surface area contributed by atoms with E-state index >= 15 is 0 Å². The van der Waals surface area contributed by atoms with Crippen molar-refractivity contribution in [2.24, 2.45) is 0 Å². The van der Waals surface area contributed by atoms with Crippen LogP contribution in [0.2, 0.25) is 0 Å². The average molecular weight is 403 g/mol. The predicted octanol–water partition coefficient (Wildman–Crippen LogP) is 2.18. The van der Waals surface area contributed by atoms with E-state index in [1.54, 1.807) is 6.07 Å². The first-order valence-corrected chi connectivity index (χ1v) is 9.86. The summed E-state index contributed by atoms with van der Waals surface area (Å²) in [4.78, 5) is 0. The summed E-state index contributed by atoms with van der Waals surface area (Å²) in [6, 6.07) is 11.2. The summed E-state index contributed by atoms with van der Waals surface area (Å²) in [5.74, 6) is 1.01. The van der Waals surface area contributed by atoms with Gasteiger partial charge in [0, 0.05) is 11.0 Å². The third kappa shape index (κ3) is 6.09. The minimum Gasteiger partial charge on any atom is -0.242 e. The minimum absolute atomic E-state index is 0.0263. The van der Waals surface area contributed by atoms with E-state index in [4.69, 9.17) is 10.5 Å². The molecule has 2 aromatic carbocycles. The van der Waals surface area contributed by atoms with Crippen LogP contribution >= 0.6 is 0 Å². The second-order valence-corrected chi connectivity index (χ2v) is 7.61. The SMILES string of the molecule is N#Cc1ccc(C#CS(=O)NS(=O)CCc2ccc(C#N)cc2F)c(F)c1. The molecule has 27 heavy (non-hydrogen) atoms. The van der Waals surface area contributed by atoms with Crippen molar-refractivity contribution in [2.45, 2.75) is 6.42 Å². The number of halogens is 2. The second kappa shape index (κ2) is 9.70. The third-order valence-corrected chi connectivity index (χ3v) is 5.50. The molecule has 0 heterocycles. The molecule has 0 spiro atoms. The Kier molecular flexibility index (Phi) is 7.34. The number of nitrogens with one attached hydrogen (secondary N) is 1. The molecule has 0 radical (unpaired) electrons. The number of benzene rings is 2. The minimum atomic E-state index is -2.01. The summed E-state index contributed by atoms with van der Waals surface area (Å²) in [6.07, 6.45) is 0.103. The van der Waals surface area contributed by atoms with Gasteiger partial charge in [0.25, 0.3) is 0 Å².